The summed E-state index contributed by atoms with van der Waals surface area (Å²) in [6, 6.07) is 11.6. The minimum absolute atomic E-state index is 0.122. The molecule has 0 saturated heterocycles. The molecule has 4 nitrogen and oxygen atoms in total. The summed E-state index contributed by atoms with van der Waals surface area (Å²) in [5.41, 5.74) is 5.30. The SMILES string of the molecule is CC(=NNC(=O)Cc1cccn1C)c1ccc(Br)cc1. The standard InChI is InChI=1S/C15H16BrN3O/c1-11(12-5-7-13(16)8-6-12)17-18-15(20)10-14-4-3-9-19(14)2/h3-9H,10H2,1-2H3,(H,18,20). The molecule has 5 heteroatoms. The van der Waals surface area contributed by atoms with E-state index < -0.39 is 0 Å². The molecule has 0 bridgehead atoms. The fraction of sp³-hybridized carbons (Fsp3) is 0.200. The number of nitrogens with zero attached hydrogens (tertiary/aromatic N) is 2. The van der Waals surface area contributed by atoms with Gasteiger partial charge in [0.15, 0.2) is 0 Å². The second-order valence-electron chi connectivity index (χ2n) is 4.53. The summed E-state index contributed by atoms with van der Waals surface area (Å²) in [7, 11) is 1.92. The topological polar surface area (TPSA) is 46.4 Å². The van der Waals surface area contributed by atoms with Gasteiger partial charge in [0.1, 0.15) is 0 Å². The highest BCUT2D eigenvalue weighted by atomic mass is 79.9. The van der Waals surface area contributed by atoms with Crippen molar-refractivity contribution in [3.63, 3.8) is 0 Å². The smallest absolute Gasteiger partial charge is 0.246 e. The van der Waals surface area contributed by atoms with Crippen molar-refractivity contribution >= 4 is 27.5 Å². The third-order valence-corrected chi connectivity index (χ3v) is 3.53. The Morgan fingerprint density at radius 3 is 2.60 bits per heavy atom. The van der Waals surface area contributed by atoms with Gasteiger partial charge < -0.3 is 4.57 Å². The largest absolute Gasteiger partial charge is 0.354 e. The van der Waals surface area contributed by atoms with Gasteiger partial charge in [-0.25, -0.2) is 5.43 Å². The number of halogens is 1. The summed E-state index contributed by atoms with van der Waals surface area (Å²) in [6.07, 6.45) is 2.24. The predicted octanol–water partition coefficient (Wildman–Crippen LogP) is 2.87. The van der Waals surface area contributed by atoms with Gasteiger partial charge in [-0.2, -0.15) is 5.10 Å². The maximum Gasteiger partial charge on any atom is 0.246 e. The van der Waals surface area contributed by atoms with Crippen molar-refractivity contribution in [2.45, 2.75) is 13.3 Å². The number of carbonyl (C=O) groups is 1. The molecule has 0 radical (unpaired) electrons. The zero-order chi connectivity index (χ0) is 14.5. The number of hydrazone groups is 1. The van der Waals surface area contributed by atoms with Crippen molar-refractivity contribution in [2.24, 2.45) is 12.1 Å². The molecule has 1 heterocycles. The first-order valence-electron chi connectivity index (χ1n) is 6.25. The molecule has 0 aliphatic carbocycles. The van der Waals surface area contributed by atoms with Crippen LogP contribution in [0.4, 0.5) is 0 Å². The van der Waals surface area contributed by atoms with E-state index >= 15 is 0 Å². The van der Waals surface area contributed by atoms with E-state index in [1.807, 2.05) is 61.1 Å². The van der Waals surface area contributed by atoms with Crippen LogP contribution in [-0.2, 0) is 18.3 Å². The summed E-state index contributed by atoms with van der Waals surface area (Å²) in [6.45, 7) is 1.87. The lowest BCUT2D eigenvalue weighted by atomic mass is 10.1. The molecular weight excluding hydrogens is 318 g/mol. The average molecular weight is 334 g/mol. The molecule has 0 spiro atoms. The first kappa shape index (κ1) is 14.5. The summed E-state index contributed by atoms with van der Waals surface area (Å²) >= 11 is 3.38. The molecule has 1 N–H and O–H groups in total. The van der Waals surface area contributed by atoms with Crippen LogP contribution in [0.1, 0.15) is 18.2 Å². The molecule has 0 atom stereocenters. The van der Waals surface area contributed by atoms with Gasteiger partial charge in [-0.05, 0) is 36.8 Å². The van der Waals surface area contributed by atoms with E-state index in [0.29, 0.717) is 6.42 Å². The Morgan fingerprint density at radius 1 is 1.30 bits per heavy atom. The van der Waals surface area contributed by atoms with Crippen LogP contribution in [0.5, 0.6) is 0 Å². The number of nitrogens with one attached hydrogen (secondary N) is 1. The molecule has 20 heavy (non-hydrogen) atoms. The van der Waals surface area contributed by atoms with Crippen LogP contribution < -0.4 is 5.43 Å². The molecule has 1 amide bonds. The van der Waals surface area contributed by atoms with Crippen LogP contribution in [0.25, 0.3) is 0 Å². The molecule has 1 aromatic carbocycles. The number of aromatic nitrogens is 1. The zero-order valence-corrected chi connectivity index (χ0v) is 13.0. The first-order valence-corrected chi connectivity index (χ1v) is 7.05. The number of benzene rings is 1. The number of aryl methyl sites for hydroxylation is 1. The van der Waals surface area contributed by atoms with Crippen LogP contribution in [0.15, 0.2) is 52.2 Å². The van der Waals surface area contributed by atoms with Gasteiger partial charge in [0, 0.05) is 23.4 Å². The normalized spacial score (nSPS) is 11.4. The maximum absolute atomic E-state index is 11.8. The molecular formula is C15H16BrN3O. The van der Waals surface area contributed by atoms with Crippen LogP contribution >= 0.6 is 15.9 Å². The predicted molar refractivity (Wildman–Crippen MR) is 83.6 cm³/mol. The van der Waals surface area contributed by atoms with Gasteiger partial charge in [0.05, 0.1) is 12.1 Å². The molecule has 0 unspecified atom stereocenters. The van der Waals surface area contributed by atoms with Crippen LogP contribution in [0.3, 0.4) is 0 Å². The Labute approximate surface area is 126 Å². The molecule has 104 valence electrons. The first-order chi connectivity index (χ1) is 9.56. The second-order valence-corrected chi connectivity index (χ2v) is 5.44. The molecule has 0 saturated carbocycles. The molecule has 1 aromatic heterocycles. The minimum Gasteiger partial charge on any atom is -0.354 e. The van der Waals surface area contributed by atoms with E-state index in [2.05, 4.69) is 26.5 Å². The van der Waals surface area contributed by atoms with Crippen molar-refractivity contribution < 1.29 is 4.79 Å². The highest BCUT2D eigenvalue weighted by Gasteiger charge is 2.05. The number of amides is 1. The van der Waals surface area contributed by atoms with Gasteiger partial charge in [0.2, 0.25) is 5.91 Å². The molecule has 0 aliphatic rings. The van der Waals surface area contributed by atoms with E-state index in [1.165, 1.54) is 0 Å². The number of carbonyl (C=O) groups excluding carboxylic acids is 1. The Bertz CT molecular complexity index is 629. The third-order valence-electron chi connectivity index (χ3n) is 3.00. The summed E-state index contributed by atoms with van der Waals surface area (Å²) in [5.74, 6) is -0.122. The Balaban J connectivity index is 1.96. The van der Waals surface area contributed by atoms with Crippen LogP contribution in [-0.4, -0.2) is 16.2 Å². The van der Waals surface area contributed by atoms with Crippen LogP contribution in [0.2, 0.25) is 0 Å². The quantitative estimate of drug-likeness (QED) is 0.678. The number of hydrogen-bond acceptors (Lipinski definition) is 2. The van der Waals surface area contributed by atoms with Crippen molar-refractivity contribution in [1.29, 1.82) is 0 Å². The van der Waals surface area contributed by atoms with E-state index in [0.717, 1.165) is 21.4 Å². The molecule has 2 aromatic rings. The zero-order valence-electron chi connectivity index (χ0n) is 11.4. The summed E-state index contributed by atoms with van der Waals surface area (Å²) in [4.78, 5) is 11.8. The Morgan fingerprint density at radius 2 is 2.00 bits per heavy atom. The molecule has 0 aliphatic heterocycles. The van der Waals surface area contributed by atoms with E-state index in [4.69, 9.17) is 0 Å². The lowest BCUT2D eigenvalue weighted by Crippen LogP contribution is -2.22. The van der Waals surface area contributed by atoms with Gasteiger partial charge >= 0.3 is 0 Å². The fourth-order valence-corrected chi connectivity index (χ4v) is 2.05. The molecule has 0 fully saturated rings. The average Bonchev–Trinajstić information content (AvgIpc) is 2.82. The molecule has 2 rings (SSSR count). The monoisotopic (exact) mass is 333 g/mol. The van der Waals surface area contributed by atoms with E-state index in [1.54, 1.807) is 0 Å². The highest BCUT2D eigenvalue weighted by Crippen LogP contribution is 2.11. The van der Waals surface area contributed by atoms with Crippen molar-refractivity contribution in [3.05, 3.63) is 58.3 Å². The summed E-state index contributed by atoms with van der Waals surface area (Å²) in [5, 5.41) is 4.13. The third kappa shape index (κ3) is 3.81. The van der Waals surface area contributed by atoms with Crippen molar-refractivity contribution in [2.75, 3.05) is 0 Å². The van der Waals surface area contributed by atoms with Crippen LogP contribution in [0, 0.1) is 0 Å². The van der Waals surface area contributed by atoms with Gasteiger partial charge in [0.25, 0.3) is 0 Å². The lowest BCUT2D eigenvalue weighted by Gasteiger charge is -2.04. The fourth-order valence-electron chi connectivity index (χ4n) is 1.79. The second kappa shape index (κ2) is 6.52. The maximum atomic E-state index is 11.8. The lowest BCUT2D eigenvalue weighted by molar-refractivity contribution is -0.120. The number of rotatable bonds is 4. The van der Waals surface area contributed by atoms with Gasteiger partial charge in [-0.3, -0.25) is 4.79 Å². The van der Waals surface area contributed by atoms with E-state index in [9.17, 15) is 4.79 Å². The van der Waals surface area contributed by atoms with Gasteiger partial charge in [-0.1, -0.05) is 28.1 Å². The van der Waals surface area contributed by atoms with E-state index in [-0.39, 0.29) is 5.91 Å². The minimum atomic E-state index is -0.122. The summed E-state index contributed by atoms with van der Waals surface area (Å²) < 4.78 is 2.94. The number of hydrogen-bond donors (Lipinski definition) is 1. The Hall–Kier alpha value is -1.88. The van der Waals surface area contributed by atoms with Crippen molar-refractivity contribution in [3.8, 4) is 0 Å². The van der Waals surface area contributed by atoms with Crippen molar-refractivity contribution in [1.82, 2.24) is 9.99 Å². The highest BCUT2D eigenvalue weighted by molar-refractivity contribution is 9.10. The Kier molecular flexibility index (Phi) is 4.74. The van der Waals surface area contributed by atoms with Gasteiger partial charge in [-0.15, -0.1) is 0 Å².